The number of amides is 3. The monoisotopic (exact) mass is 588 g/mol. The van der Waals surface area contributed by atoms with Gasteiger partial charge < -0.3 is 30.6 Å². The van der Waals surface area contributed by atoms with Crippen molar-refractivity contribution < 1.29 is 29.0 Å². The Morgan fingerprint density at radius 1 is 1.10 bits per heavy atom. The predicted octanol–water partition coefficient (Wildman–Crippen LogP) is 2.32. The molecule has 0 aromatic heterocycles. The Morgan fingerprint density at radius 2 is 1.85 bits per heavy atom. The maximum atomic E-state index is 13.5. The van der Waals surface area contributed by atoms with Crippen molar-refractivity contribution in [3.8, 4) is 5.75 Å². The number of halogens is 1. The first-order valence-electron chi connectivity index (χ1n) is 14.6. The quantitative estimate of drug-likeness (QED) is 0.236. The summed E-state index contributed by atoms with van der Waals surface area (Å²) in [5.41, 5.74) is 1.04. The van der Waals surface area contributed by atoms with E-state index in [1.165, 1.54) is 0 Å². The lowest BCUT2D eigenvalue weighted by Crippen LogP contribution is -2.57. The first-order valence-corrected chi connectivity index (χ1v) is 14.9. The van der Waals surface area contributed by atoms with Gasteiger partial charge in [0.25, 0.3) is 5.91 Å². The molecule has 2 heterocycles. The van der Waals surface area contributed by atoms with Gasteiger partial charge >= 0.3 is 0 Å². The number of hydrogen-bond acceptors (Lipinski definition) is 7. The Balaban J connectivity index is 1.43. The van der Waals surface area contributed by atoms with Gasteiger partial charge in [0.2, 0.25) is 11.8 Å². The van der Waals surface area contributed by atoms with Crippen LogP contribution in [0, 0.1) is 17.8 Å². The van der Waals surface area contributed by atoms with Gasteiger partial charge in [-0.05, 0) is 61.9 Å². The SMILES string of the molecule is CC(C)[C@H](NC(=O)C1=Cc2cc(Cl)ccc2OC1)C(=O)N[C@@H](CC1CCCC1)C(=O)N[C@H](C=O)C[C@@H]1CCNC1O. The summed E-state index contributed by atoms with van der Waals surface area (Å²) in [6.07, 6.45) is 7.23. The van der Waals surface area contributed by atoms with E-state index in [0.29, 0.717) is 54.0 Å². The maximum absolute atomic E-state index is 13.5. The van der Waals surface area contributed by atoms with Gasteiger partial charge in [-0.1, -0.05) is 51.1 Å². The maximum Gasteiger partial charge on any atom is 0.251 e. The van der Waals surface area contributed by atoms with Crippen LogP contribution < -0.4 is 26.0 Å². The average Bonchev–Trinajstić information content (AvgIpc) is 3.61. The first kappa shape index (κ1) is 31.0. The highest BCUT2D eigenvalue weighted by Gasteiger charge is 2.34. The Labute approximate surface area is 246 Å². The van der Waals surface area contributed by atoms with Gasteiger partial charge in [-0.25, -0.2) is 0 Å². The lowest BCUT2D eigenvalue weighted by atomic mass is 9.95. The van der Waals surface area contributed by atoms with Gasteiger partial charge in [-0.15, -0.1) is 0 Å². The molecule has 224 valence electrons. The summed E-state index contributed by atoms with van der Waals surface area (Å²) in [6, 6.07) is 2.63. The van der Waals surface area contributed by atoms with E-state index in [-0.39, 0.29) is 24.4 Å². The molecule has 41 heavy (non-hydrogen) atoms. The molecule has 1 saturated heterocycles. The summed E-state index contributed by atoms with van der Waals surface area (Å²) in [5, 5.41) is 22.0. The molecule has 1 aromatic rings. The van der Waals surface area contributed by atoms with Gasteiger partial charge in [0, 0.05) is 16.5 Å². The van der Waals surface area contributed by atoms with E-state index in [1.807, 2.05) is 13.8 Å². The van der Waals surface area contributed by atoms with Crippen LogP contribution in [-0.4, -0.2) is 66.6 Å². The third-order valence-electron chi connectivity index (χ3n) is 8.25. The summed E-state index contributed by atoms with van der Waals surface area (Å²) < 4.78 is 5.70. The highest BCUT2D eigenvalue weighted by molar-refractivity contribution is 6.30. The molecule has 3 aliphatic rings. The van der Waals surface area contributed by atoms with Crippen molar-refractivity contribution in [1.29, 1.82) is 0 Å². The zero-order valence-corrected chi connectivity index (χ0v) is 24.4. The van der Waals surface area contributed by atoms with Crippen LogP contribution in [0.15, 0.2) is 23.8 Å². The molecule has 5 N–H and O–H groups in total. The van der Waals surface area contributed by atoms with E-state index in [2.05, 4.69) is 21.3 Å². The number of nitrogens with one attached hydrogen (secondary N) is 4. The van der Waals surface area contributed by atoms with Crippen LogP contribution in [-0.2, 0) is 19.2 Å². The molecule has 1 aromatic carbocycles. The van der Waals surface area contributed by atoms with E-state index in [1.54, 1.807) is 24.3 Å². The summed E-state index contributed by atoms with van der Waals surface area (Å²) in [7, 11) is 0. The number of hydrogen-bond donors (Lipinski definition) is 5. The van der Waals surface area contributed by atoms with E-state index >= 15 is 0 Å². The number of rotatable bonds is 12. The topological polar surface area (TPSA) is 146 Å². The molecule has 3 amide bonds. The smallest absolute Gasteiger partial charge is 0.251 e. The minimum Gasteiger partial charge on any atom is -0.488 e. The summed E-state index contributed by atoms with van der Waals surface area (Å²) in [4.78, 5) is 51.9. The third kappa shape index (κ3) is 8.30. The second-order valence-corrected chi connectivity index (χ2v) is 12.2. The van der Waals surface area contributed by atoms with E-state index < -0.39 is 42.1 Å². The predicted molar refractivity (Wildman–Crippen MR) is 155 cm³/mol. The molecule has 1 unspecified atom stereocenters. The van der Waals surface area contributed by atoms with Crippen molar-refractivity contribution in [3.05, 3.63) is 34.4 Å². The summed E-state index contributed by atoms with van der Waals surface area (Å²) in [6.45, 7) is 4.34. The van der Waals surface area contributed by atoms with Crippen molar-refractivity contribution in [3.63, 3.8) is 0 Å². The van der Waals surface area contributed by atoms with Crippen LogP contribution in [0.25, 0.3) is 6.08 Å². The van der Waals surface area contributed by atoms with Gasteiger partial charge in [-0.3, -0.25) is 19.7 Å². The Hall–Kier alpha value is -2.95. The number of carbonyl (C=O) groups excluding carboxylic acids is 4. The molecular weight excluding hydrogens is 548 g/mol. The Kier molecular flexibility index (Phi) is 10.8. The van der Waals surface area contributed by atoms with Crippen molar-refractivity contribution in [2.75, 3.05) is 13.2 Å². The molecule has 1 aliphatic carbocycles. The molecule has 0 bridgehead atoms. The number of fused-ring (bicyclic) bond motifs is 1. The van der Waals surface area contributed by atoms with E-state index in [9.17, 15) is 24.3 Å². The molecule has 5 atom stereocenters. The average molecular weight is 589 g/mol. The van der Waals surface area contributed by atoms with Gasteiger partial charge in [-0.2, -0.15) is 0 Å². The molecular formula is C30H41ClN4O6. The number of aliphatic hydroxyl groups excluding tert-OH is 1. The molecule has 4 rings (SSSR count). The molecule has 10 nitrogen and oxygen atoms in total. The van der Waals surface area contributed by atoms with Crippen LogP contribution in [0.3, 0.4) is 0 Å². The summed E-state index contributed by atoms with van der Waals surface area (Å²) >= 11 is 6.09. The van der Waals surface area contributed by atoms with Crippen LogP contribution >= 0.6 is 11.6 Å². The van der Waals surface area contributed by atoms with E-state index in [4.69, 9.17) is 16.3 Å². The van der Waals surface area contributed by atoms with Crippen molar-refractivity contribution in [2.24, 2.45) is 17.8 Å². The number of aldehydes is 1. The largest absolute Gasteiger partial charge is 0.488 e. The normalized spacial score (nSPS) is 22.6. The summed E-state index contributed by atoms with van der Waals surface area (Å²) in [5.74, 6) is -0.845. The van der Waals surface area contributed by atoms with Gasteiger partial charge in [0.1, 0.15) is 37.0 Å². The Bertz CT molecular complexity index is 1150. The minimum absolute atomic E-state index is 0.0535. The highest BCUT2D eigenvalue weighted by Crippen LogP contribution is 2.30. The number of benzene rings is 1. The standard InChI is InChI=1S/C30H41ClN4O6/c1-17(2)26(35-28(38)21-12-20-13-22(31)7-8-25(20)41-16-21)30(40)34-24(11-18-5-3-4-6-18)29(39)33-23(15-36)14-19-9-10-32-27(19)37/h7-8,12-13,15,17-19,23-24,26-27,32,37H,3-6,9-11,14,16H2,1-2H3,(H,33,39)(H,34,40)(H,35,38)/t19-,23-,24-,26-,27?/m0/s1. The fourth-order valence-corrected chi connectivity index (χ4v) is 6.05. The number of aliphatic hydroxyl groups is 1. The number of carbonyl (C=O) groups is 4. The van der Waals surface area contributed by atoms with Crippen LogP contribution in [0.1, 0.15) is 64.4 Å². The van der Waals surface area contributed by atoms with Crippen LogP contribution in [0.5, 0.6) is 5.75 Å². The lowest BCUT2D eigenvalue weighted by Gasteiger charge is -2.28. The fraction of sp³-hybridized carbons (Fsp3) is 0.600. The van der Waals surface area contributed by atoms with Crippen molar-refractivity contribution in [1.82, 2.24) is 21.3 Å². The van der Waals surface area contributed by atoms with E-state index in [0.717, 1.165) is 25.7 Å². The van der Waals surface area contributed by atoms with Gasteiger partial charge in [0.15, 0.2) is 0 Å². The highest BCUT2D eigenvalue weighted by atomic mass is 35.5. The zero-order chi connectivity index (χ0) is 29.5. The van der Waals surface area contributed by atoms with Crippen molar-refractivity contribution in [2.45, 2.75) is 83.1 Å². The molecule has 2 fully saturated rings. The minimum atomic E-state index is -0.899. The van der Waals surface area contributed by atoms with Crippen molar-refractivity contribution >= 4 is 41.7 Å². The zero-order valence-electron chi connectivity index (χ0n) is 23.7. The van der Waals surface area contributed by atoms with Crippen LogP contribution in [0.2, 0.25) is 5.02 Å². The number of ether oxygens (including phenoxy) is 1. The molecule has 0 spiro atoms. The first-order chi connectivity index (χ1) is 19.6. The fourth-order valence-electron chi connectivity index (χ4n) is 5.87. The molecule has 11 heteroatoms. The second-order valence-electron chi connectivity index (χ2n) is 11.7. The molecule has 0 radical (unpaired) electrons. The molecule has 1 saturated carbocycles. The van der Waals surface area contributed by atoms with Crippen LogP contribution in [0.4, 0.5) is 0 Å². The second kappa shape index (κ2) is 14.3. The Morgan fingerprint density at radius 3 is 2.51 bits per heavy atom. The third-order valence-corrected chi connectivity index (χ3v) is 8.49. The van der Waals surface area contributed by atoms with Gasteiger partial charge in [0.05, 0.1) is 11.6 Å². The molecule has 2 aliphatic heterocycles. The lowest BCUT2D eigenvalue weighted by molar-refractivity contribution is -0.133.